The lowest BCUT2D eigenvalue weighted by molar-refractivity contribution is -0.0411. The van der Waals surface area contributed by atoms with Crippen molar-refractivity contribution in [1.82, 2.24) is 0 Å². The zero-order valence-electron chi connectivity index (χ0n) is 10.9. The van der Waals surface area contributed by atoms with E-state index in [1.165, 1.54) is 0 Å². The van der Waals surface area contributed by atoms with Crippen LogP contribution in [0.1, 0.15) is 25.7 Å². The van der Waals surface area contributed by atoms with Gasteiger partial charge in [-0.25, -0.2) is 8.78 Å². The lowest BCUT2D eigenvalue weighted by Crippen LogP contribution is -2.24. The number of allylic oxidation sites excluding steroid dienone is 2. The molecule has 0 bridgehead atoms. The van der Waals surface area contributed by atoms with E-state index in [0.29, 0.717) is 18.6 Å². The summed E-state index contributed by atoms with van der Waals surface area (Å²) in [6.45, 7) is 10.1. The second-order valence-electron chi connectivity index (χ2n) is 5.73. The van der Waals surface area contributed by atoms with Crippen LogP contribution in [0.4, 0.5) is 8.78 Å². The van der Waals surface area contributed by atoms with Crippen LogP contribution in [0.3, 0.4) is 0 Å². The average molecular weight is 260 g/mol. The SMILES string of the molecule is C=C(/C=C/C1CCC(F)(F)CC1)O[Si](C)(C)C. The molecule has 0 N–H and O–H groups in total. The first-order valence-corrected chi connectivity index (χ1v) is 9.53. The molecule has 0 aromatic rings. The van der Waals surface area contributed by atoms with Gasteiger partial charge in [-0.2, -0.15) is 0 Å². The monoisotopic (exact) mass is 260 g/mol. The maximum atomic E-state index is 12.9. The largest absolute Gasteiger partial charge is 0.545 e. The van der Waals surface area contributed by atoms with Crippen LogP contribution in [0.25, 0.3) is 0 Å². The van der Waals surface area contributed by atoms with Crippen LogP contribution < -0.4 is 0 Å². The molecule has 17 heavy (non-hydrogen) atoms. The van der Waals surface area contributed by atoms with Crippen molar-refractivity contribution in [2.75, 3.05) is 0 Å². The van der Waals surface area contributed by atoms with Gasteiger partial charge in [-0.1, -0.05) is 12.7 Å². The van der Waals surface area contributed by atoms with Crippen LogP contribution in [0, 0.1) is 5.92 Å². The summed E-state index contributed by atoms with van der Waals surface area (Å²) in [6, 6.07) is 0. The predicted octanol–water partition coefficient (Wildman–Crippen LogP) is 4.73. The fourth-order valence-electron chi connectivity index (χ4n) is 1.93. The minimum absolute atomic E-state index is 0.00333. The highest BCUT2D eigenvalue weighted by Crippen LogP contribution is 2.36. The van der Waals surface area contributed by atoms with Crippen molar-refractivity contribution in [2.24, 2.45) is 5.92 Å². The molecule has 1 nitrogen and oxygen atoms in total. The number of halogens is 2. The van der Waals surface area contributed by atoms with Gasteiger partial charge in [0.25, 0.3) is 0 Å². The van der Waals surface area contributed by atoms with Crippen LogP contribution in [0.15, 0.2) is 24.5 Å². The second-order valence-corrected chi connectivity index (χ2v) is 10.2. The number of hydrogen-bond donors (Lipinski definition) is 0. The second kappa shape index (κ2) is 5.34. The van der Waals surface area contributed by atoms with Gasteiger partial charge in [0.1, 0.15) is 0 Å². The van der Waals surface area contributed by atoms with Crippen LogP contribution >= 0.6 is 0 Å². The molecule has 0 atom stereocenters. The minimum atomic E-state index is -2.45. The molecule has 98 valence electrons. The molecule has 1 rings (SSSR count). The Balaban J connectivity index is 2.37. The lowest BCUT2D eigenvalue weighted by Gasteiger charge is -2.26. The molecule has 0 aromatic heterocycles. The first-order chi connectivity index (χ1) is 7.68. The molecule has 1 saturated carbocycles. The quantitative estimate of drug-likeness (QED) is 0.403. The molecule has 4 heteroatoms. The summed E-state index contributed by atoms with van der Waals surface area (Å²) >= 11 is 0. The van der Waals surface area contributed by atoms with Gasteiger partial charge in [0.2, 0.25) is 14.2 Å². The third-order valence-corrected chi connectivity index (χ3v) is 3.63. The highest BCUT2D eigenvalue weighted by atomic mass is 28.4. The summed E-state index contributed by atoms with van der Waals surface area (Å²) in [4.78, 5) is 0. The third-order valence-electron chi connectivity index (χ3n) is 2.75. The lowest BCUT2D eigenvalue weighted by atomic mass is 9.86. The molecule has 0 radical (unpaired) electrons. The van der Waals surface area contributed by atoms with E-state index in [1.807, 2.05) is 12.2 Å². The predicted molar refractivity (Wildman–Crippen MR) is 69.6 cm³/mol. The summed E-state index contributed by atoms with van der Waals surface area (Å²) < 4.78 is 31.6. The molecule has 0 saturated heterocycles. The molecule has 1 fully saturated rings. The van der Waals surface area contributed by atoms with E-state index in [2.05, 4.69) is 26.2 Å². The normalized spacial score (nSPS) is 21.7. The van der Waals surface area contributed by atoms with Gasteiger partial charge in [0.15, 0.2) is 0 Å². The van der Waals surface area contributed by atoms with Crippen molar-refractivity contribution in [3.63, 3.8) is 0 Å². The summed E-state index contributed by atoms with van der Waals surface area (Å²) in [5.41, 5.74) is 0. The molecule has 0 aliphatic heterocycles. The first-order valence-electron chi connectivity index (χ1n) is 6.12. The van der Waals surface area contributed by atoms with Gasteiger partial charge in [-0.05, 0) is 44.5 Å². The fourth-order valence-corrected chi connectivity index (χ4v) is 2.78. The topological polar surface area (TPSA) is 9.23 Å². The zero-order chi connectivity index (χ0) is 13.1. The Morgan fingerprint density at radius 3 is 2.29 bits per heavy atom. The summed E-state index contributed by atoms with van der Waals surface area (Å²) in [5, 5.41) is 0. The molecule has 0 aromatic carbocycles. The third kappa shape index (κ3) is 6.01. The van der Waals surface area contributed by atoms with Crippen molar-refractivity contribution in [2.45, 2.75) is 51.2 Å². The highest BCUT2D eigenvalue weighted by Gasteiger charge is 2.33. The summed E-state index contributed by atoms with van der Waals surface area (Å²) in [6.07, 6.45) is 4.93. The number of alkyl halides is 2. The highest BCUT2D eigenvalue weighted by molar-refractivity contribution is 6.70. The van der Waals surface area contributed by atoms with Gasteiger partial charge < -0.3 is 4.43 Å². The minimum Gasteiger partial charge on any atom is -0.545 e. The first kappa shape index (κ1) is 14.4. The Hall–Kier alpha value is -0.643. The zero-order valence-corrected chi connectivity index (χ0v) is 11.9. The van der Waals surface area contributed by atoms with Crippen LogP contribution in [0.2, 0.25) is 19.6 Å². The summed E-state index contributed by atoms with van der Waals surface area (Å²) in [7, 11) is -1.60. The Kier molecular flexibility index (Phi) is 4.53. The van der Waals surface area contributed by atoms with Gasteiger partial charge in [-0.15, -0.1) is 0 Å². The molecular weight excluding hydrogens is 238 g/mol. The van der Waals surface area contributed by atoms with E-state index >= 15 is 0 Å². The molecule has 1 aliphatic carbocycles. The standard InChI is InChI=1S/C13H22F2OSi/c1-11(16-17(2,3)4)5-6-12-7-9-13(14,15)10-8-12/h5-6,12H,1,7-10H2,2-4H3/b6-5+. The van der Waals surface area contributed by atoms with Crippen molar-refractivity contribution >= 4 is 8.32 Å². The van der Waals surface area contributed by atoms with Crippen LogP contribution in [-0.4, -0.2) is 14.2 Å². The average Bonchev–Trinajstić information content (AvgIpc) is 2.13. The van der Waals surface area contributed by atoms with Crippen molar-refractivity contribution in [3.05, 3.63) is 24.5 Å². The van der Waals surface area contributed by atoms with E-state index in [0.717, 1.165) is 0 Å². The Morgan fingerprint density at radius 2 is 1.82 bits per heavy atom. The van der Waals surface area contributed by atoms with Crippen LogP contribution in [0.5, 0.6) is 0 Å². The number of hydrogen-bond acceptors (Lipinski definition) is 1. The molecule has 0 amide bonds. The molecule has 1 aliphatic rings. The molecule has 0 unspecified atom stereocenters. The molecule has 0 spiro atoms. The maximum Gasteiger partial charge on any atom is 0.248 e. The smallest absolute Gasteiger partial charge is 0.248 e. The van der Waals surface area contributed by atoms with Gasteiger partial charge in [0.05, 0.1) is 5.76 Å². The molecular formula is C13H22F2OSi. The molecule has 0 heterocycles. The van der Waals surface area contributed by atoms with Gasteiger partial charge in [0, 0.05) is 12.8 Å². The maximum absolute atomic E-state index is 12.9. The van der Waals surface area contributed by atoms with Crippen molar-refractivity contribution in [1.29, 1.82) is 0 Å². The van der Waals surface area contributed by atoms with Crippen molar-refractivity contribution in [3.8, 4) is 0 Å². The Bertz CT molecular complexity index is 295. The van der Waals surface area contributed by atoms with Gasteiger partial charge in [-0.3, -0.25) is 0 Å². The van der Waals surface area contributed by atoms with Gasteiger partial charge >= 0.3 is 0 Å². The van der Waals surface area contributed by atoms with Crippen molar-refractivity contribution < 1.29 is 13.2 Å². The van der Waals surface area contributed by atoms with E-state index in [1.54, 1.807) is 0 Å². The van der Waals surface area contributed by atoms with E-state index in [9.17, 15) is 8.78 Å². The summed E-state index contributed by atoms with van der Waals surface area (Å²) in [5.74, 6) is -1.55. The fraction of sp³-hybridized carbons (Fsp3) is 0.692. The van der Waals surface area contributed by atoms with Crippen LogP contribution in [-0.2, 0) is 4.43 Å². The Labute approximate surface area is 104 Å². The Morgan fingerprint density at radius 1 is 1.29 bits per heavy atom. The van der Waals surface area contributed by atoms with E-state index in [4.69, 9.17) is 4.43 Å². The van der Waals surface area contributed by atoms with E-state index in [-0.39, 0.29) is 18.8 Å². The number of rotatable bonds is 4. The van der Waals surface area contributed by atoms with E-state index < -0.39 is 14.2 Å².